The van der Waals surface area contributed by atoms with Gasteiger partial charge in [-0.3, -0.25) is 0 Å². The minimum absolute atomic E-state index is 0.143. The minimum atomic E-state index is -4.21. The fourth-order valence-corrected chi connectivity index (χ4v) is 3.39. The number of nitrogens with zero attached hydrogens (tertiary/aromatic N) is 5. The Labute approximate surface area is 157 Å². The van der Waals surface area contributed by atoms with E-state index < -0.39 is 11.6 Å². The van der Waals surface area contributed by atoms with Crippen LogP contribution in [0.1, 0.15) is 12.8 Å². The van der Waals surface area contributed by atoms with Gasteiger partial charge in [0.15, 0.2) is 0 Å². The first-order valence-corrected chi connectivity index (χ1v) is 8.81. The highest BCUT2D eigenvalue weighted by molar-refractivity contribution is 5.95. The summed E-state index contributed by atoms with van der Waals surface area (Å²) in [6.45, 7) is -0.209. The Hall–Kier alpha value is -3.17. The number of halogens is 3. The fourth-order valence-electron chi connectivity index (χ4n) is 3.39. The lowest BCUT2D eigenvalue weighted by Crippen LogP contribution is -2.31. The molecule has 28 heavy (non-hydrogen) atoms. The number of H-pyrrole nitrogens is 1. The number of hydrogen-bond donors (Lipinski definition) is 2. The van der Waals surface area contributed by atoms with Gasteiger partial charge in [0.2, 0.25) is 5.95 Å². The van der Waals surface area contributed by atoms with Crippen molar-refractivity contribution in [3.8, 4) is 11.1 Å². The van der Waals surface area contributed by atoms with Crippen LogP contribution in [0.25, 0.3) is 33.2 Å². The van der Waals surface area contributed by atoms with Crippen molar-refractivity contribution in [2.45, 2.75) is 19.0 Å². The van der Waals surface area contributed by atoms with E-state index in [2.05, 4.69) is 30.6 Å². The summed E-state index contributed by atoms with van der Waals surface area (Å²) in [6.07, 6.45) is -0.488. The molecule has 1 saturated carbocycles. The summed E-state index contributed by atoms with van der Waals surface area (Å²) in [5.41, 5.74) is 2.47. The van der Waals surface area contributed by atoms with Crippen molar-refractivity contribution >= 4 is 28.0 Å². The zero-order valence-corrected chi connectivity index (χ0v) is 14.9. The zero-order chi connectivity index (χ0) is 19.5. The number of alkyl halides is 3. The highest BCUT2D eigenvalue weighted by atomic mass is 19.4. The topological polar surface area (TPSA) is 84.3 Å². The van der Waals surface area contributed by atoms with Gasteiger partial charge in [0.05, 0.1) is 10.9 Å². The van der Waals surface area contributed by atoms with Crippen LogP contribution in [0, 0.1) is 5.41 Å². The molecule has 0 aliphatic heterocycles. The van der Waals surface area contributed by atoms with Gasteiger partial charge in [0.1, 0.15) is 11.2 Å². The van der Waals surface area contributed by atoms with Crippen LogP contribution in [0.4, 0.5) is 19.1 Å². The number of benzene rings is 1. The van der Waals surface area contributed by atoms with Crippen LogP contribution in [0.3, 0.4) is 0 Å². The molecule has 3 heterocycles. The number of nitrogens with one attached hydrogen (secondary N) is 2. The molecule has 4 aromatic rings. The molecular weight excluding hydrogens is 371 g/mol. The summed E-state index contributed by atoms with van der Waals surface area (Å²) in [6, 6.07) is 5.80. The van der Waals surface area contributed by atoms with E-state index in [1.165, 1.54) is 0 Å². The van der Waals surface area contributed by atoms with Gasteiger partial charge in [0, 0.05) is 36.9 Å². The third-order valence-electron chi connectivity index (χ3n) is 5.39. The van der Waals surface area contributed by atoms with Gasteiger partial charge in [-0.15, -0.1) is 5.10 Å². The van der Waals surface area contributed by atoms with E-state index in [0.717, 1.165) is 27.5 Å². The van der Waals surface area contributed by atoms with Crippen molar-refractivity contribution in [1.82, 2.24) is 29.9 Å². The smallest absolute Gasteiger partial charge is 0.353 e. The lowest BCUT2D eigenvalue weighted by molar-refractivity contribution is -0.182. The molecular formula is C18H16F3N7. The Morgan fingerprint density at radius 2 is 2.11 bits per heavy atom. The van der Waals surface area contributed by atoms with E-state index in [9.17, 15) is 13.2 Å². The number of aromatic nitrogens is 6. The Morgan fingerprint density at radius 1 is 1.29 bits per heavy atom. The average Bonchev–Trinajstić information content (AvgIpc) is 3.24. The Morgan fingerprint density at radius 3 is 2.86 bits per heavy atom. The van der Waals surface area contributed by atoms with Crippen molar-refractivity contribution in [2.75, 3.05) is 11.9 Å². The van der Waals surface area contributed by atoms with E-state index in [1.807, 2.05) is 31.4 Å². The summed E-state index contributed by atoms with van der Waals surface area (Å²) >= 11 is 0. The maximum Gasteiger partial charge on any atom is 0.396 e. The van der Waals surface area contributed by atoms with Gasteiger partial charge in [-0.05, 0) is 30.5 Å². The summed E-state index contributed by atoms with van der Waals surface area (Å²) in [5.74, 6) is 0.183. The third kappa shape index (κ3) is 2.59. The fraction of sp³-hybridized carbons (Fsp3) is 0.333. The Balaban J connectivity index is 1.44. The number of aromatic amines is 1. The largest absolute Gasteiger partial charge is 0.396 e. The molecule has 0 saturated heterocycles. The first-order chi connectivity index (χ1) is 13.4. The molecule has 0 atom stereocenters. The average molecular weight is 387 g/mol. The normalized spacial score (nSPS) is 16.0. The summed E-state index contributed by atoms with van der Waals surface area (Å²) in [7, 11) is 1.82. The first kappa shape index (κ1) is 17.0. The maximum atomic E-state index is 13.1. The number of aryl methyl sites for hydroxylation is 1. The van der Waals surface area contributed by atoms with Gasteiger partial charge >= 0.3 is 6.18 Å². The molecule has 1 aliphatic carbocycles. The van der Waals surface area contributed by atoms with E-state index in [0.29, 0.717) is 5.65 Å². The third-order valence-corrected chi connectivity index (χ3v) is 5.39. The van der Waals surface area contributed by atoms with Gasteiger partial charge in [0.25, 0.3) is 0 Å². The van der Waals surface area contributed by atoms with Crippen molar-refractivity contribution in [1.29, 1.82) is 0 Å². The molecule has 5 rings (SSSR count). The van der Waals surface area contributed by atoms with E-state index in [1.54, 1.807) is 10.9 Å². The summed E-state index contributed by atoms with van der Waals surface area (Å²) < 4.78 is 40.9. The van der Waals surface area contributed by atoms with E-state index >= 15 is 0 Å². The second-order valence-corrected chi connectivity index (χ2v) is 7.21. The van der Waals surface area contributed by atoms with Gasteiger partial charge in [-0.2, -0.15) is 18.2 Å². The molecule has 0 bridgehead atoms. The lowest BCUT2D eigenvalue weighted by Gasteiger charge is -2.19. The second kappa shape index (κ2) is 5.66. The number of hydrogen-bond acceptors (Lipinski definition) is 5. The quantitative estimate of drug-likeness (QED) is 0.558. The van der Waals surface area contributed by atoms with E-state index in [-0.39, 0.29) is 25.3 Å². The molecule has 144 valence electrons. The highest BCUT2D eigenvalue weighted by Crippen LogP contribution is 2.57. The molecule has 0 spiro atoms. The molecule has 1 fully saturated rings. The minimum Gasteiger partial charge on any atom is -0.353 e. The van der Waals surface area contributed by atoms with Gasteiger partial charge in [-0.25, -0.2) is 9.67 Å². The molecule has 1 aromatic carbocycles. The Bertz CT molecular complexity index is 1190. The van der Waals surface area contributed by atoms with Gasteiger partial charge < -0.3 is 10.3 Å². The standard InChI is InChI=1S/C18H16F3N7/c1-28-14-6-10(2-3-13(14)26-27-28)11-7-22-15-12(11)8-23-16(25-15)24-9-17(4-5-17)18(19,20)21/h2-3,6-8H,4-5,9H2,1H3,(H2,22,23,24,25). The molecule has 0 unspecified atom stereocenters. The van der Waals surface area contributed by atoms with Crippen LogP contribution >= 0.6 is 0 Å². The van der Waals surface area contributed by atoms with Crippen LogP contribution < -0.4 is 5.32 Å². The Kier molecular flexibility index (Phi) is 3.43. The van der Waals surface area contributed by atoms with Crippen LogP contribution in [-0.2, 0) is 7.05 Å². The predicted octanol–water partition coefficient (Wildman–Crippen LogP) is 3.66. The maximum absolute atomic E-state index is 13.1. The molecule has 0 amide bonds. The van der Waals surface area contributed by atoms with Crippen LogP contribution in [0.5, 0.6) is 0 Å². The van der Waals surface area contributed by atoms with E-state index in [4.69, 9.17) is 0 Å². The number of rotatable bonds is 4. The van der Waals surface area contributed by atoms with Crippen LogP contribution in [0.15, 0.2) is 30.6 Å². The monoisotopic (exact) mass is 387 g/mol. The number of fused-ring (bicyclic) bond motifs is 2. The molecule has 0 radical (unpaired) electrons. The predicted molar refractivity (Wildman–Crippen MR) is 97.6 cm³/mol. The van der Waals surface area contributed by atoms with Crippen molar-refractivity contribution in [3.63, 3.8) is 0 Å². The van der Waals surface area contributed by atoms with Crippen LogP contribution in [-0.4, -0.2) is 42.7 Å². The highest BCUT2D eigenvalue weighted by Gasteiger charge is 2.62. The lowest BCUT2D eigenvalue weighted by atomic mass is 10.1. The van der Waals surface area contributed by atoms with Gasteiger partial charge in [-0.1, -0.05) is 11.3 Å². The molecule has 2 N–H and O–H groups in total. The molecule has 1 aliphatic rings. The zero-order valence-electron chi connectivity index (χ0n) is 14.9. The van der Waals surface area contributed by atoms with Crippen LogP contribution in [0.2, 0.25) is 0 Å². The second-order valence-electron chi connectivity index (χ2n) is 7.21. The summed E-state index contributed by atoms with van der Waals surface area (Å²) in [5, 5.41) is 11.6. The van der Waals surface area contributed by atoms with Crippen molar-refractivity contribution in [2.24, 2.45) is 12.5 Å². The molecule has 7 nitrogen and oxygen atoms in total. The summed E-state index contributed by atoms with van der Waals surface area (Å²) in [4.78, 5) is 11.6. The molecule has 10 heteroatoms. The SMILES string of the molecule is Cn1nnc2ccc(-c3c[nH]c4nc(NCC5(C(F)(F)F)CC5)ncc34)cc21. The first-order valence-electron chi connectivity index (χ1n) is 8.81. The number of anilines is 1. The van der Waals surface area contributed by atoms with Crippen molar-refractivity contribution in [3.05, 3.63) is 30.6 Å². The van der Waals surface area contributed by atoms with Crippen molar-refractivity contribution < 1.29 is 13.2 Å². The molecule has 3 aromatic heterocycles.